The number of hydrogen-bond donors (Lipinski definition) is 1. The van der Waals surface area contributed by atoms with E-state index in [9.17, 15) is 8.78 Å². The fraction of sp³-hybridized carbons (Fsp3) is 0.611. The van der Waals surface area contributed by atoms with Crippen LogP contribution in [-0.4, -0.2) is 63.5 Å². The zero-order valence-electron chi connectivity index (χ0n) is 16.0. The second-order valence-corrected chi connectivity index (χ2v) is 6.72. The van der Waals surface area contributed by atoms with Crippen LogP contribution in [0.2, 0.25) is 0 Å². The lowest BCUT2D eigenvalue weighted by molar-refractivity contribution is 0.0367. The molecule has 0 spiro atoms. The van der Waals surface area contributed by atoms with Crippen LogP contribution in [-0.2, 0) is 11.3 Å². The van der Waals surface area contributed by atoms with Crippen LogP contribution in [0.5, 0.6) is 0 Å². The third-order valence-electron chi connectivity index (χ3n) is 4.66. The first-order valence-corrected chi connectivity index (χ1v) is 9.24. The van der Waals surface area contributed by atoms with Gasteiger partial charge in [0.1, 0.15) is 5.69 Å². The summed E-state index contributed by atoms with van der Waals surface area (Å²) in [6.45, 7) is 10.5. The SMILES string of the molecule is CCn1ncc(-c2cc(C(F)F)nc(NC(C)CN3CCOCC3)n2)c1C. The maximum absolute atomic E-state index is 13.4. The molecule has 0 aromatic carbocycles. The molecule has 148 valence electrons. The average Bonchev–Trinajstić information content (AvgIpc) is 3.02. The fourth-order valence-corrected chi connectivity index (χ4v) is 3.23. The molecule has 1 aliphatic rings. The molecule has 0 bridgehead atoms. The molecular formula is C18H26F2N6O. The minimum atomic E-state index is -2.66. The molecule has 1 N–H and O–H groups in total. The number of nitrogens with zero attached hydrogens (tertiary/aromatic N) is 5. The minimum Gasteiger partial charge on any atom is -0.379 e. The lowest BCUT2D eigenvalue weighted by Gasteiger charge is -2.29. The average molecular weight is 380 g/mol. The Morgan fingerprint density at radius 2 is 2.00 bits per heavy atom. The topological polar surface area (TPSA) is 68.1 Å². The van der Waals surface area contributed by atoms with Crippen molar-refractivity contribution < 1.29 is 13.5 Å². The van der Waals surface area contributed by atoms with Gasteiger partial charge in [-0.05, 0) is 26.8 Å². The Balaban J connectivity index is 1.81. The van der Waals surface area contributed by atoms with E-state index in [2.05, 4.69) is 25.3 Å². The van der Waals surface area contributed by atoms with Gasteiger partial charge in [-0.15, -0.1) is 0 Å². The first kappa shape index (κ1) is 19.6. The molecular weight excluding hydrogens is 354 g/mol. The molecule has 1 aliphatic heterocycles. The third-order valence-corrected chi connectivity index (χ3v) is 4.66. The smallest absolute Gasteiger partial charge is 0.280 e. The van der Waals surface area contributed by atoms with Gasteiger partial charge in [0.25, 0.3) is 6.43 Å². The number of ether oxygens (including phenoxy) is 1. The van der Waals surface area contributed by atoms with Crippen molar-refractivity contribution in [3.8, 4) is 11.3 Å². The second-order valence-electron chi connectivity index (χ2n) is 6.72. The summed E-state index contributed by atoms with van der Waals surface area (Å²) in [5.41, 5.74) is 1.80. The number of alkyl halides is 2. The van der Waals surface area contributed by atoms with Crippen LogP contribution >= 0.6 is 0 Å². The molecule has 27 heavy (non-hydrogen) atoms. The van der Waals surface area contributed by atoms with E-state index in [1.165, 1.54) is 6.07 Å². The van der Waals surface area contributed by atoms with Gasteiger partial charge in [-0.2, -0.15) is 5.10 Å². The first-order chi connectivity index (χ1) is 13.0. The predicted molar refractivity (Wildman–Crippen MR) is 99.0 cm³/mol. The van der Waals surface area contributed by atoms with Gasteiger partial charge in [0.05, 0.1) is 25.1 Å². The van der Waals surface area contributed by atoms with Crippen LogP contribution in [0.1, 0.15) is 31.7 Å². The lowest BCUT2D eigenvalue weighted by Crippen LogP contribution is -2.42. The van der Waals surface area contributed by atoms with Gasteiger partial charge in [0.15, 0.2) is 0 Å². The van der Waals surface area contributed by atoms with Gasteiger partial charge in [-0.25, -0.2) is 18.7 Å². The Labute approximate surface area is 157 Å². The van der Waals surface area contributed by atoms with Crippen molar-refractivity contribution in [3.05, 3.63) is 23.7 Å². The van der Waals surface area contributed by atoms with Crippen molar-refractivity contribution in [1.82, 2.24) is 24.6 Å². The number of anilines is 1. The number of aryl methyl sites for hydroxylation is 1. The number of rotatable bonds is 7. The van der Waals surface area contributed by atoms with Crippen LogP contribution in [0.4, 0.5) is 14.7 Å². The zero-order chi connectivity index (χ0) is 19.4. The normalized spacial score (nSPS) is 16.7. The highest BCUT2D eigenvalue weighted by molar-refractivity contribution is 5.62. The van der Waals surface area contributed by atoms with E-state index in [4.69, 9.17) is 4.74 Å². The van der Waals surface area contributed by atoms with E-state index >= 15 is 0 Å². The Kier molecular flexibility index (Phi) is 6.33. The summed E-state index contributed by atoms with van der Waals surface area (Å²) >= 11 is 0. The summed E-state index contributed by atoms with van der Waals surface area (Å²) in [6.07, 6.45) is -0.999. The Morgan fingerprint density at radius 3 is 2.63 bits per heavy atom. The summed E-state index contributed by atoms with van der Waals surface area (Å²) in [4.78, 5) is 10.8. The molecule has 0 saturated carbocycles. The molecule has 0 radical (unpaired) electrons. The number of hydrogen-bond acceptors (Lipinski definition) is 6. The molecule has 1 atom stereocenters. The predicted octanol–water partition coefficient (Wildman–Crippen LogP) is 2.74. The van der Waals surface area contributed by atoms with Crippen molar-refractivity contribution in [3.63, 3.8) is 0 Å². The third kappa shape index (κ3) is 4.78. The molecule has 1 fully saturated rings. The monoisotopic (exact) mass is 380 g/mol. The Hall–Kier alpha value is -2.13. The second kappa shape index (κ2) is 8.71. The molecule has 3 rings (SSSR count). The molecule has 0 aliphatic carbocycles. The highest BCUT2D eigenvalue weighted by atomic mass is 19.3. The maximum Gasteiger partial charge on any atom is 0.280 e. The van der Waals surface area contributed by atoms with Crippen LogP contribution in [0.25, 0.3) is 11.3 Å². The van der Waals surface area contributed by atoms with Gasteiger partial charge in [-0.3, -0.25) is 9.58 Å². The van der Waals surface area contributed by atoms with E-state index in [0.29, 0.717) is 12.2 Å². The summed E-state index contributed by atoms with van der Waals surface area (Å²) in [5, 5.41) is 7.45. The Morgan fingerprint density at radius 1 is 1.26 bits per heavy atom. The highest BCUT2D eigenvalue weighted by Gasteiger charge is 2.19. The Bertz CT molecular complexity index is 760. The number of morpholine rings is 1. The van der Waals surface area contributed by atoms with E-state index in [1.54, 1.807) is 6.20 Å². The number of aromatic nitrogens is 4. The van der Waals surface area contributed by atoms with Crippen LogP contribution < -0.4 is 5.32 Å². The summed E-state index contributed by atoms with van der Waals surface area (Å²) in [7, 11) is 0. The molecule has 7 nitrogen and oxygen atoms in total. The van der Waals surface area contributed by atoms with E-state index in [1.807, 2.05) is 25.5 Å². The van der Waals surface area contributed by atoms with E-state index in [0.717, 1.165) is 44.1 Å². The summed E-state index contributed by atoms with van der Waals surface area (Å²) < 4.78 is 33.9. The lowest BCUT2D eigenvalue weighted by atomic mass is 10.1. The molecule has 1 unspecified atom stereocenters. The van der Waals surface area contributed by atoms with Crippen LogP contribution in [0.3, 0.4) is 0 Å². The van der Waals surface area contributed by atoms with Gasteiger partial charge in [0.2, 0.25) is 5.95 Å². The molecule has 1 saturated heterocycles. The van der Waals surface area contributed by atoms with Crippen LogP contribution in [0, 0.1) is 6.92 Å². The van der Waals surface area contributed by atoms with Crippen molar-refractivity contribution in [1.29, 1.82) is 0 Å². The van der Waals surface area contributed by atoms with Gasteiger partial charge in [0, 0.05) is 43.5 Å². The van der Waals surface area contributed by atoms with Crippen molar-refractivity contribution in [2.45, 2.75) is 39.8 Å². The first-order valence-electron chi connectivity index (χ1n) is 9.24. The van der Waals surface area contributed by atoms with Crippen molar-refractivity contribution in [2.24, 2.45) is 0 Å². The quantitative estimate of drug-likeness (QED) is 0.797. The molecule has 9 heteroatoms. The van der Waals surface area contributed by atoms with Gasteiger partial charge in [-0.1, -0.05) is 0 Å². The highest BCUT2D eigenvalue weighted by Crippen LogP contribution is 2.27. The fourth-order valence-electron chi connectivity index (χ4n) is 3.23. The zero-order valence-corrected chi connectivity index (χ0v) is 16.0. The van der Waals surface area contributed by atoms with Crippen molar-refractivity contribution >= 4 is 5.95 Å². The molecule has 3 heterocycles. The summed E-state index contributed by atoms with van der Waals surface area (Å²) in [6, 6.07) is 1.36. The maximum atomic E-state index is 13.4. The van der Waals surface area contributed by atoms with Gasteiger partial charge < -0.3 is 10.1 Å². The standard InChI is InChI=1S/C18H26F2N6O/c1-4-26-13(3)14(10-21-26)15-9-16(17(19)20)24-18(23-15)22-12(2)11-25-5-7-27-8-6-25/h9-10,12,17H,4-8,11H2,1-3H3,(H,22,23,24). The molecule has 2 aromatic heterocycles. The van der Waals surface area contributed by atoms with Gasteiger partial charge >= 0.3 is 0 Å². The van der Waals surface area contributed by atoms with E-state index in [-0.39, 0.29) is 17.7 Å². The largest absolute Gasteiger partial charge is 0.379 e. The minimum absolute atomic E-state index is 0.0170. The van der Waals surface area contributed by atoms with E-state index < -0.39 is 6.43 Å². The summed E-state index contributed by atoms with van der Waals surface area (Å²) in [5.74, 6) is 0.215. The van der Waals surface area contributed by atoms with Crippen molar-refractivity contribution in [2.75, 3.05) is 38.2 Å². The van der Waals surface area contributed by atoms with Crippen LogP contribution in [0.15, 0.2) is 12.3 Å². The molecule has 2 aromatic rings. The number of nitrogens with one attached hydrogen (secondary N) is 1. The number of halogens is 2. The molecule has 0 amide bonds.